The van der Waals surface area contributed by atoms with Gasteiger partial charge >= 0.3 is 10.1 Å². The van der Waals surface area contributed by atoms with Gasteiger partial charge < -0.3 is 14.2 Å². The Kier molecular flexibility index (Phi) is 8.90. The van der Waals surface area contributed by atoms with Crippen molar-refractivity contribution >= 4 is 33.7 Å². The molecule has 1 amide bonds. The highest BCUT2D eigenvalue weighted by Gasteiger charge is 2.22. The smallest absolute Gasteiger partial charge is 0.339 e. The molecule has 0 aromatic heterocycles. The van der Waals surface area contributed by atoms with Gasteiger partial charge in [-0.05, 0) is 60.0 Å². The average Bonchev–Trinajstić information content (AvgIpc) is 2.88. The van der Waals surface area contributed by atoms with Crippen LogP contribution in [0.15, 0.2) is 89.9 Å². The van der Waals surface area contributed by atoms with Crippen LogP contribution in [0.5, 0.6) is 11.5 Å². The van der Waals surface area contributed by atoms with E-state index in [0.717, 1.165) is 5.56 Å². The first-order valence-corrected chi connectivity index (χ1v) is 12.5. The first kappa shape index (κ1) is 26.5. The number of methoxy groups -OCH3 is 1. The summed E-state index contributed by atoms with van der Waals surface area (Å²) in [4.78, 5) is 12.5. The molecule has 0 fully saturated rings. The maximum atomic E-state index is 12.9. The first-order valence-electron chi connectivity index (χ1n) is 10.7. The van der Waals surface area contributed by atoms with Crippen LogP contribution in [0.2, 0.25) is 5.02 Å². The fourth-order valence-electron chi connectivity index (χ4n) is 3.27. The summed E-state index contributed by atoms with van der Waals surface area (Å²) in [7, 11) is -2.83. The van der Waals surface area contributed by atoms with Gasteiger partial charge in [-0.1, -0.05) is 48.0 Å². The van der Waals surface area contributed by atoms with Crippen LogP contribution < -0.4 is 14.2 Å². The van der Waals surface area contributed by atoms with Gasteiger partial charge in [-0.25, -0.2) is 0 Å². The molecule has 7 nitrogen and oxygen atoms in total. The summed E-state index contributed by atoms with van der Waals surface area (Å²) in [6.07, 6.45) is 3.21. The van der Waals surface area contributed by atoms with E-state index in [1.165, 1.54) is 43.5 Å². The van der Waals surface area contributed by atoms with Crippen molar-refractivity contribution in [2.75, 3.05) is 7.11 Å². The number of nitrogens with zero attached hydrogens (tertiary/aromatic N) is 1. The van der Waals surface area contributed by atoms with E-state index in [4.69, 9.17) is 20.5 Å². The van der Waals surface area contributed by atoms with Crippen LogP contribution in [-0.2, 0) is 27.9 Å². The first-order chi connectivity index (χ1) is 17.3. The van der Waals surface area contributed by atoms with E-state index in [0.29, 0.717) is 16.1 Å². The second-order valence-corrected chi connectivity index (χ2v) is 9.52. The Balaban J connectivity index is 1.93. The minimum Gasteiger partial charge on any atom is -0.493 e. The summed E-state index contributed by atoms with van der Waals surface area (Å²) < 4.78 is 36.6. The third-order valence-electron chi connectivity index (χ3n) is 5.01. The third kappa shape index (κ3) is 6.75. The minimum absolute atomic E-state index is 0.0171. The molecular formula is C27H23ClN2O5S. The van der Waals surface area contributed by atoms with Crippen molar-refractivity contribution in [2.45, 2.75) is 17.9 Å². The molecule has 0 unspecified atom stereocenters. The van der Waals surface area contributed by atoms with Crippen LogP contribution in [-0.4, -0.2) is 21.4 Å². The topological polar surface area (TPSA) is 105 Å². The molecule has 0 aliphatic heterocycles. The van der Waals surface area contributed by atoms with Crippen molar-refractivity contribution in [2.24, 2.45) is 0 Å². The fraction of sp³-hybridized carbons (Fsp3) is 0.111. The van der Waals surface area contributed by atoms with Gasteiger partial charge in [-0.15, -0.1) is 6.58 Å². The van der Waals surface area contributed by atoms with E-state index in [-0.39, 0.29) is 34.9 Å². The van der Waals surface area contributed by atoms with Crippen molar-refractivity contribution in [3.05, 3.63) is 107 Å². The van der Waals surface area contributed by atoms with E-state index >= 15 is 0 Å². The Hall–Kier alpha value is -4.06. The zero-order valence-electron chi connectivity index (χ0n) is 19.4. The van der Waals surface area contributed by atoms with E-state index < -0.39 is 16.0 Å². The molecule has 0 bridgehead atoms. The predicted molar refractivity (Wildman–Crippen MR) is 138 cm³/mol. The molecular weight excluding hydrogens is 500 g/mol. The normalized spacial score (nSPS) is 11.3. The lowest BCUT2D eigenvalue weighted by molar-refractivity contribution is -0.117. The molecule has 0 aliphatic rings. The number of nitrogens with one attached hydrogen (secondary N) is 1. The van der Waals surface area contributed by atoms with Crippen LogP contribution in [0.4, 0.5) is 0 Å². The summed E-state index contributed by atoms with van der Waals surface area (Å²) in [6, 6.07) is 19.9. The second-order valence-electron chi connectivity index (χ2n) is 7.53. The molecule has 0 radical (unpaired) electrons. The third-order valence-corrected chi connectivity index (χ3v) is 6.49. The predicted octanol–water partition coefficient (Wildman–Crippen LogP) is 5.07. The zero-order valence-corrected chi connectivity index (χ0v) is 21.0. The van der Waals surface area contributed by atoms with E-state index in [2.05, 4.69) is 11.9 Å². The van der Waals surface area contributed by atoms with Gasteiger partial charge in [0.1, 0.15) is 16.5 Å². The molecule has 1 N–H and O–H groups in total. The number of carbonyl (C=O) groups is 1. The van der Waals surface area contributed by atoms with E-state index in [1.807, 2.05) is 36.4 Å². The summed E-state index contributed by atoms with van der Waals surface area (Å²) in [5.41, 5.74) is 1.66. The molecule has 0 aliphatic carbocycles. The summed E-state index contributed by atoms with van der Waals surface area (Å²) in [6.45, 7) is 3.98. The average molecular weight is 523 g/mol. The van der Waals surface area contributed by atoms with Gasteiger partial charge in [0.15, 0.2) is 11.5 Å². The number of ether oxygens (including phenoxy) is 1. The maximum Gasteiger partial charge on any atom is 0.339 e. The molecule has 184 valence electrons. The highest BCUT2D eigenvalue weighted by Crippen LogP contribution is 2.36. The monoisotopic (exact) mass is 522 g/mol. The number of nitriles is 1. The Labute approximate surface area is 215 Å². The van der Waals surface area contributed by atoms with Gasteiger partial charge in [0.25, 0.3) is 5.91 Å². The summed E-state index contributed by atoms with van der Waals surface area (Å²) in [5, 5.41) is 12.7. The number of amides is 1. The highest BCUT2D eigenvalue weighted by molar-refractivity contribution is 7.87. The minimum atomic E-state index is -4.20. The number of benzene rings is 3. The summed E-state index contributed by atoms with van der Waals surface area (Å²) >= 11 is 5.86. The van der Waals surface area contributed by atoms with Gasteiger partial charge in [0.05, 0.1) is 7.11 Å². The van der Waals surface area contributed by atoms with Gasteiger partial charge in [-0.3, -0.25) is 4.79 Å². The molecule has 0 spiro atoms. The summed E-state index contributed by atoms with van der Waals surface area (Å²) in [5.74, 6) is -0.451. The van der Waals surface area contributed by atoms with Gasteiger partial charge in [-0.2, -0.15) is 13.7 Å². The van der Waals surface area contributed by atoms with Crippen LogP contribution in [0.3, 0.4) is 0 Å². The number of hydrogen-bond donors (Lipinski definition) is 1. The molecule has 3 aromatic carbocycles. The van der Waals surface area contributed by atoms with Crippen molar-refractivity contribution in [1.82, 2.24) is 5.32 Å². The SMILES string of the molecule is C=CCc1cc(/C=C(\C#N)C(=O)NCc2ccccc2)cc(OC)c1OS(=O)(=O)c1ccc(Cl)cc1. The van der Waals surface area contributed by atoms with Crippen molar-refractivity contribution < 1.29 is 22.1 Å². The molecule has 0 atom stereocenters. The number of hydrogen-bond acceptors (Lipinski definition) is 6. The van der Waals surface area contributed by atoms with Crippen LogP contribution >= 0.6 is 11.6 Å². The zero-order chi connectivity index (χ0) is 26.1. The molecule has 3 aromatic rings. The Morgan fingerprint density at radius 3 is 2.44 bits per heavy atom. The number of allylic oxidation sites excluding steroid dienone is 1. The Bertz CT molecular complexity index is 1430. The van der Waals surface area contributed by atoms with E-state index in [9.17, 15) is 18.5 Å². The Morgan fingerprint density at radius 1 is 1.14 bits per heavy atom. The van der Waals surface area contributed by atoms with Gasteiger partial charge in [0.2, 0.25) is 0 Å². The Morgan fingerprint density at radius 2 is 1.83 bits per heavy atom. The molecule has 0 saturated carbocycles. The molecule has 0 saturated heterocycles. The van der Waals surface area contributed by atoms with Crippen LogP contribution in [0.25, 0.3) is 6.08 Å². The maximum absolute atomic E-state index is 12.9. The lowest BCUT2D eigenvalue weighted by Gasteiger charge is -2.16. The van der Waals surface area contributed by atoms with Gasteiger partial charge in [0, 0.05) is 17.1 Å². The second kappa shape index (κ2) is 12.1. The van der Waals surface area contributed by atoms with Crippen molar-refractivity contribution in [3.8, 4) is 17.6 Å². The molecule has 36 heavy (non-hydrogen) atoms. The number of halogens is 1. The standard InChI is InChI=1S/C27H23ClN2O5S/c1-3-7-21-14-20(15-22(17-29)27(31)30-18-19-8-5-4-6-9-19)16-25(34-2)26(21)35-36(32,33)24-12-10-23(28)11-13-24/h3-6,8-16H,1,7,18H2,2H3,(H,30,31)/b22-15+. The fourth-order valence-corrected chi connectivity index (χ4v) is 4.37. The lowest BCUT2D eigenvalue weighted by Crippen LogP contribution is -2.23. The van der Waals surface area contributed by atoms with Crippen LogP contribution in [0.1, 0.15) is 16.7 Å². The van der Waals surface area contributed by atoms with Crippen molar-refractivity contribution in [1.29, 1.82) is 5.26 Å². The highest BCUT2D eigenvalue weighted by atomic mass is 35.5. The molecule has 9 heteroatoms. The number of rotatable bonds is 10. The lowest BCUT2D eigenvalue weighted by atomic mass is 10.0. The van der Waals surface area contributed by atoms with Crippen LogP contribution in [0, 0.1) is 11.3 Å². The quantitative estimate of drug-likeness (QED) is 0.172. The largest absolute Gasteiger partial charge is 0.493 e. The molecule has 3 rings (SSSR count). The molecule has 0 heterocycles. The number of carbonyl (C=O) groups excluding carboxylic acids is 1. The van der Waals surface area contributed by atoms with Crippen molar-refractivity contribution in [3.63, 3.8) is 0 Å². The van der Waals surface area contributed by atoms with E-state index in [1.54, 1.807) is 12.1 Å².